The van der Waals surface area contributed by atoms with Crippen LogP contribution in [0, 0.1) is 0 Å². The average molecular weight is 263 g/mol. The van der Waals surface area contributed by atoms with Gasteiger partial charge in [0.1, 0.15) is 12.5 Å². The minimum Gasteiger partial charge on any atom is -0.504 e. The summed E-state index contributed by atoms with van der Waals surface area (Å²) in [5.74, 6) is 0.971. The molecule has 0 unspecified atom stereocenters. The summed E-state index contributed by atoms with van der Waals surface area (Å²) in [4.78, 5) is 10.4. The van der Waals surface area contributed by atoms with Gasteiger partial charge in [0.05, 0.1) is 0 Å². The highest BCUT2D eigenvalue weighted by Crippen LogP contribution is 2.30. The Hall–Kier alpha value is -2.28. The Labute approximate surface area is 111 Å². The summed E-state index contributed by atoms with van der Waals surface area (Å²) >= 11 is 0. The topological polar surface area (TPSA) is 92.5 Å². The monoisotopic (exact) mass is 263 g/mol. The number of hydrogen-bond donors (Lipinski definition) is 4. The molecule has 4 N–H and O–H groups in total. The summed E-state index contributed by atoms with van der Waals surface area (Å²) in [7, 11) is 0. The van der Waals surface area contributed by atoms with Gasteiger partial charge in [0.2, 0.25) is 5.96 Å². The molecule has 0 atom stereocenters. The van der Waals surface area contributed by atoms with Gasteiger partial charge in [0, 0.05) is 18.3 Å². The van der Waals surface area contributed by atoms with Crippen LogP contribution in [0.4, 0.5) is 5.69 Å². The zero-order valence-corrected chi connectivity index (χ0v) is 10.9. The number of benzene rings is 1. The minimum atomic E-state index is -0.161. The number of anilines is 1. The number of phenolic OH excluding ortho intramolecular Hbond substituents is 2. The third kappa shape index (κ3) is 2.94. The summed E-state index contributed by atoms with van der Waals surface area (Å²) in [6.07, 6.45) is 0. The van der Waals surface area contributed by atoms with E-state index in [0.29, 0.717) is 12.6 Å². The summed E-state index contributed by atoms with van der Waals surface area (Å²) in [5.41, 5.74) is 6.55. The van der Waals surface area contributed by atoms with Crippen molar-refractivity contribution in [2.45, 2.75) is 13.8 Å². The summed E-state index contributed by atoms with van der Waals surface area (Å²) in [6.45, 7) is 4.99. The van der Waals surface area contributed by atoms with Crippen LogP contribution in [0.3, 0.4) is 0 Å². The van der Waals surface area contributed by atoms with Gasteiger partial charge < -0.3 is 15.1 Å². The Balaban J connectivity index is 2.14. The highest BCUT2D eigenvalue weighted by atomic mass is 16.3. The van der Waals surface area contributed by atoms with Gasteiger partial charge in [0.15, 0.2) is 11.5 Å². The van der Waals surface area contributed by atoms with E-state index in [1.807, 2.05) is 18.7 Å². The Kier molecular flexibility index (Phi) is 3.86. The van der Waals surface area contributed by atoms with Gasteiger partial charge in [-0.25, -0.2) is 10.4 Å². The lowest BCUT2D eigenvalue weighted by Gasteiger charge is -2.26. The Bertz CT molecular complexity index is 527. The first-order chi connectivity index (χ1) is 9.11. The van der Waals surface area contributed by atoms with Crippen molar-refractivity contribution in [3.05, 3.63) is 18.2 Å². The minimum absolute atomic E-state index is 0.145. The number of aromatic hydroxyl groups is 2. The molecule has 7 heteroatoms. The van der Waals surface area contributed by atoms with Crippen LogP contribution in [-0.2, 0) is 0 Å². The van der Waals surface area contributed by atoms with Crippen molar-refractivity contribution in [3.63, 3.8) is 0 Å². The SMILES string of the molecule is CCNNC1=NCN(c2ccc(O)c(O)c2)C(C)=N1. The highest BCUT2D eigenvalue weighted by Gasteiger charge is 2.16. The quantitative estimate of drug-likeness (QED) is 0.477. The van der Waals surface area contributed by atoms with Gasteiger partial charge in [0.25, 0.3) is 0 Å². The molecule has 0 fully saturated rings. The van der Waals surface area contributed by atoms with Gasteiger partial charge in [-0.2, -0.15) is 4.99 Å². The van der Waals surface area contributed by atoms with E-state index in [0.717, 1.165) is 18.1 Å². The van der Waals surface area contributed by atoms with Gasteiger partial charge in [-0.1, -0.05) is 6.92 Å². The van der Waals surface area contributed by atoms with Crippen LogP contribution in [0.15, 0.2) is 28.2 Å². The normalized spacial score (nSPS) is 14.9. The molecule has 0 bridgehead atoms. The van der Waals surface area contributed by atoms with Gasteiger partial charge in [-0.3, -0.25) is 5.43 Å². The molecular formula is C12H17N5O2. The van der Waals surface area contributed by atoms with E-state index in [1.165, 1.54) is 12.1 Å². The number of nitrogens with one attached hydrogen (secondary N) is 2. The molecule has 7 nitrogen and oxygen atoms in total. The number of guanidine groups is 1. The second-order valence-electron chi connectivity index (χ2n) is 4.04. The molecule has 1 heterocycles. The smallest absolute Gasteiger partial charge is 0.236 e. The second kappa shape index (κ2) is 5.57. The third-order valence-corrected chi connectivity index (χ3v) is 2.67. The van der Waals surface area contributed by atoms with E-state index in [2.05, 4.69) is 20.8 Å². The van der Waals surface area contributed by atoms with Crippen LogP contribution in [0.1, 0.15) is 13.8 Å². The molecule has 1 aromatic carbocycles. The van der Waals surface area contributed by atoms with Gasteiger partial charge in [-0.05, 0) is 19.1 Å². The van der Waals surface area contributed by atoms with Crippen LogP contribution < -0.4 is 15.8 Å². The molecule has 19 heavy (non-hydrogen) atoms. The van der Waals surface area contributed by atoms with E-state index < -0.39 is 0 Å². The lowest BCUT2D eigenvalue weighted by Crippen LogP contribution is -2.42. The maximum atomic E-state index is 9.51. The number of amidine groups is 1. The second-order valence-corrected chi connectivity index (χ2v) is 4.04. The number of hydrogen-bond acceptors (Lipinski definition) is 7. The average Bonchev–Trinajstić information content (AvgIpc) is 2.40. The predicted octanol–water partition coefficient (Wildman–Crippen LogP) is 0.764. The van der Waals surface area contributed by atoms with E-state index in [9.17, 15) is 10.2 Å². The van der Waals surface area contributed by atoms with E-state index in [-0.39, 0.29) is 11.5 Å². The van der Waals surface area contributed by atoms with E-state index in [4.69, 9.17) is 0 Å². The van der Waals surface area contributed by atoms with Gasteiger partial charge >= 0.3 is 0 Å². The van der Waals surface area contributed by atoms with Crippen molar-refractivity contribution in [2.75, 3.05) is 18.1 Å². The molecule has 0 aliphatic carbocycles. The molecule has 0 aromatic heterocycles. The number of phenols is 2. The Morgan fingerprint density at radius 3 is 2.74 bits per heavy atom. The largest absolute Gasteiger partial charge is 0.504 e. The van der Waals surface area contributed by atoms with Crippen molar-refractivity contribution in [1.82, 2.24) is 10.9 Å². The highest BCUT2D eigenvalue weighted by molar-refractivity contribution is 6.05. The number of aliphatic imine (C=N–C) groups is 2. The van der Waals surface area contributed by atoms with Crippen molar-refractivity contribution >= 4 is 17.5 Å². The molecule has 0 saturated heterocycles. The van der Waals surface area contributed by atoms with Crippen LogP contribution in [-0.4, -0.2) is 35.2 Å². The molecule has 1 aliphatic rings. The fraction of sp³-hybridized carbons (Fsp3) is 0.333. The molecular weight excluding hydrogens is 246 g/mol. The van der Waals surface area contributed by atoms with Crippen LogP contribution in [0.25, 0.3) is 0 Å². The van der Waals surface area contributed by atoms with Gasteiger partial charge in [-0.15, -0.1) is 0 Å². The fourth-order valence-corrected chi connectivity index (χ4v) is 1.67. The zero-order chi connectivity index (χ0) is 13.8. The van der Waals surface area contributed by atoms with Crippen LogP contribution in [0.5, 0.6) is 11.5 Å². The lowest BCUT2D eigenvalue weighted by atomic mass is 10.2. The standard InChI is InChI=1S/C12H17N5O2/c1-3-14-16-12-13-7-17(8(2)15-12)9-4-5-10(18)11(19)6-9/h4-6,14,18-19H,3,7H2,1-2H3,(H,13,16). The van der Waals surface area contributed by atoms with Crippen molar-refractivity contribution < 1.29 is 10.2 Å². The summed E-state index contributed by atoms with van der Waals surface area (Å²) in [6, 6.07) is 4.62. The predicted molar refractivity (Wildman–Crippen MR) is 74.5 cm³/mol. The zero-order valence-electron chi connectivity index (χ0n) is 10.9. The molecule has 0 saturated carbocycles. The number of hydrazine groups is 1. The Morgan fingerprint density at radius 2 is 2.11 bits per heavy atom. The number of nitrogens with zero attached hydrogens (tertiary/aromatic N) is 3. The first kappa shape index (κ1) is 13.2. The molecule has 1 aromatic rings. The van der Waals surface area contributed by atoms with Crippen LogP contribution in [0.2, 0.25) is 0 Å². The lowest BCUT2D eigenvalue weighted by molar-refractivity contribution is 0.404. The first-order valence-corrected chi connectivity index (χ1v) is 6.00. The van der Waals surface area contributed by atoms with Crippen molar-refractivity contribution in [3.8, 4) is 11.5 Å². The number of rotatable bonds is 3. The van der Waals surface area contributed by atoms with E-state index in [1.54, 1.807) is 6.07 Å². The molecule has 2 rings (SSSR count). The molecule has 0 radical (unpaired) electrons. The molecule has 1 aliphatic heterocycles. The molecule has 0 spiro atoms. The first-order valence-electron chi connectivity index (χ1n) is 6.00. The summed E-state index contributed by atoms with van der Waals surface area (Å²) in [5, 5.41) is 18.8. The molecule has 102 valence electrons. The van der Waals surface area contributed by atoms with Crippen LogP contribution >= 0.6 is 0 Å². The molecule has 0 amide bonds. The maximum Gasteiger partial charge on any atom is 0.236 e. The maximum absolute atomic E-state index is 9.51. The van der Waals surface area contributed by atoms with E-state index >= 15 is 0 Å². The Morgan fingerprint density at radius 1 is 1.32 bits per heavy atom. The summed E-state index contributed by atoms with van der Waals surface area (Å²) < 4.78 is 0. The van der Waals surface area contributed by atoms with Crippen molar-refractivity contribution in [2.24, 2.45) is 9.98 Å². The third-order valence-electron chi connectivity index (χ3n) is 2.67. The van der Waals surface area contributed by atoms with Crippen molar-refractivity contribution in [1.29, 1.82) is 0 Å². The fourth-order valence-electron chi connectivity index (χ4n) is 1.67.